The highest BCUT2D eigenvalue weighted by Gasteiger charge is 2.01. The van der Waals surface area contributed by atoms with Gasteiger partial charge in [-0.05, 0) is 41.8 Å². The van der Waals surface area contributed by atoms with Crippen LogP contribution >= 0.6 is 0 Å². The number of pyridine rings is 1. The SMILES string of the molecule is COc1cccc(Cc2cnc3[nH]ccc3c2)c1. The van der Waals surface area contributed by atoms with E-state index in [1.54, 1.807) is 7.11 Å². The number of methoxy groups -OCH3 is 1. The Morgan fingerprint density at radius 2 is 2.11 bits per heavy atom. The van der Waals surface area contributed by atoms with E-state index >= 15 is 0 Å². The van der Waals surface area contributed by atoms with Crippen LogP contribution in [0.25, 0.3) is 11.0 Å². The van der Waals surface area contributed by atoms with Crippen LogP contribution in [-0.2, 0) is 6.42 Å². The lowest BCUT2D eigenvalue weighted by atomic mass is 10.1. The van der Waals surface area contributed by atoms with Crippen LogP contribution in [0.15, 0.2) is 48.8 Å². The van der Waals surface area contributed by atoms with Gasteiger partial charge in [0.15, 0.2) is 0 Å². The summed E-state index contributed by atoms with van der Waals surface area (Å²) in [6.45, 7) is 0. The molecule has 3 aromatic rings. The van der Waals surface area contributed by atoms with Crippen molar-refractivity contribution in [3.63, 3.8) is 0 Å². The Bertz CT molecular complexity index is 673. The van der Waals surface area contributed by atoms with Crippen LogP contribution in [0.1, 0.15) is 11.1 Å². The molecule has 0 aliphatic heterocycles. The van der Waals surface area contributed by atoms with Crippen molar-refractivity contribution in [2.24, 2.45) is 0 Å². The Kier molecular flexibility index (Phi) is 2.73. The van der Waals surface area contributed by atoms with Crippen molar-refractivity contribution >= 4 is 11.0 Å². The maximum absolute atomic E-state index is 5.23. The lowest BCUT2D eigenvalue weighted by Gasteiger charge is -2.04. The third-order valence-corrected chi connectivity index (χ3v) is 3.00. The number of aromatic nitrogens is 2. The molecule has 0 atom stereocenters. The summed E-state index contributed by atoms with van der Waals surface area (Å²) >= 11 is 0. The number of ether oxygens (including phenoxy) is 1. The molecule has 0 unspecified atom stereocenters. The highest BCUT2D eigenvalue weighted by Crippen LogP contribution is 2.18. The number of nitrogens with zero attached hydrogens (tertiary/aromatic N) is 1. The van der Waals surface area contributed by atoms with Gasteiger partial charge in [-0.3, -0.25) is 0 Å². The second-order valence-electron chi connectivity index (χ2n) is 4.29. The van der Waals surface area contributed by atoms with Crippen molar-refractivity contribution in [2.75, 3.05) is 7.11 Å². The van der Waals surface area contributed by atoms with Gasteiger partial charge in [0.1, 0.15) is 11.4 Å². The number of H-pyrrole nitrogens is 1. The quantitative estimate of drug-likeness (QED) is 0.761. The molecule has 0 aliphatic rings. The fourth-order valence-corrected chi connectivity index (χ4v) is 2.10. The van der Waals surface area contributed by atoms with E-state index in [0.717, 1.165) is 23.2 Å². The molecule has 0 saturated heterocycles. The number of benzene rings is 1. The molecule has 0 aliphatic carbocycles. The largest absolute Gasteiger partial charge is 0.497 e. The van der Waals surface area contributed by atoms with E-state index < -0.39 is 0 Å². The number of hydrogen-bond donors (Lipinski definition) is 1. The first-order valence-electron chi connectivity index (χ1n) is 5.90. The predicted octanol–water partition coefficient (Wildman–Crippen LogP) is 3.16. The summed E-state index contributed by atoms with van der Waals surface area (Å²) in [5, 5.41) is 1.15. The molecule has 0 saturated carbocycles. The van der Waals surface area contributed by atoms with Crippen LogP contribution < -0.4 is 4.74 Å². The van der Waals surface area contributed by atoms with Gasteiger partial charge in [-0.25, -0.2) is 4.98 Å². The lowest BCUT2D eigenvalue weighted by molar-refractivity contribution is 0.414. The average molecular weight is 238 g/mol. The van der Waals surface area contributed by atoms with Gasteiger partial charge in [0.25, 0.3) is 0 Å². The highest BCUT2D eigenvalue weighted by atomic mass is 16.5. The zero-order valence-electron chi connectivity index (χ0n) is 10.2. The van der Waals surface area contributed by atoms with Crippen molar-refractivity contribution < 1.29 is 4.74 Å². The Morgan fingerprint density at radius 1 is 1.17 bits per heavy atom. The third-order valence-electron chi connectivity index (χ3n) is 3.00. The molecule has 0 radical (unpaired) electrons. The molecule has 18 heavy (non-hydrogen) atoms. The summed E-state index contributed by atoms with van der Waals surface area (Å²) in [6.07, 6.45) is 4.69. The average Bonchev–Trinajstić information content (AvgIpc) is 2.86. The Labute approximate surface area is 105 Å². The maximum Gasteiger partial charge on any atom is 0.137 e. The molecule has 0 fully saturated rings. The van der Waals surface area contributed by atoms with Gasteiger partial charge >= 0.3 is 0 Å². The molecule has 0 bridgehead atoms. The monoisotopic (exact) mass is 238 g/mol. The van der Waals surface area contributed by atoms with Crippen molar-refractivity contribution in [2.45, 2.75) is 6.42 Å². The fraction of sp³-hybridized carbons (Fsp3) is 0.133. The van der Waals surface area contributed by atoms with E-state index in [1.807, 2.05) is 30.6 Å². The van der Waals surface area contributed by atoms with E-state index in [9.17, 15) is 0 Å². The van der Waals surface area contributed by atoms with Crippen LogP contribution in [0.3, 0.4) is 0 Å². The van der Waals surface area contributed by atoms with Crippen molar-refractivity contribution in [1.82, 2.24) is 9.97 Å². The second-order valence-corrected chi connectivity index (χ2v) is 4.29. The minimum atomic E-state index is 0.866. The molecule has 0 amide bonds. The third kappa shape index (κ3) is 2.07. The van der Waals surface area contributed by atoms with Gasteiger partial charge in [-0.1, -0.05) is 12.1 Å². The van der Waals surface area contributed by atoms with Crippen molar-refractivity contribution in [3.8, 4) is 5.75 Å². The van der Waals surface area contributed by atoms with Crippen LogP contribution in [-0.4, -0.2) is 17.1 Å². The number of hydrogen-bond acceptors (Lipinski definition) is 2. The van der Waals surface area contributed by atoms with Crippen molar-refractivity contribution in [1.29, 1.82) is 0 Å². The smallest absolute Gasteiger partial charge is 0.137 e. The summed E-state index contributed by atoms with van der Waals surface area (Å²) in [6, 6.07) is 12.3. The first-order valence-corrected chi connectivity index (χ1v) is 5.90. The molecular formula is C15H14N2O. The second kappa shape index (κ2) is 4.53. The summed E-state index contributed by atoms with van der Waals surface area (Å²) in [7, 11) is 1.69. The molecule has 2 aromatic heterocycles. The molecule has 3 rings (SSSR count). The van der Waals surface area contributed by atoms with Gasteiger partial charge in [0.05, 0.1) is 7.11 Å². The predicted molar refractivity (Wildman–Crippen MR) is 71.9 cm³/mol. The molecular weight excluding hydrogens is 224 g/mol. The number of nitrogens with one attached hydrogen (secondary N) is 1. The fourth-order valence-electron chi connectivity index (χ4n) is 2.10. The molecule has 3 heteroatoms. The Morgan fingerprint density at radius 3 is 3.00 bits per heavy atom. The zero-order valence-corrected chi connectivity index (χ0v) is 10.2. The van der Waals surface area contributed by atoms with E-state index in [-0.39, 0.29) is 0 Å². The van der Waals surface area contributed by atoms with E-state index in [2.05, 4.69) is 28.2 Å². The van der Waals surface area contributed by atoms with Gasteiger partial charge in [0.2, 0.25) is 0 Å². The Balaban J connectivity index is 1.90. The maximum atomic E-state index is 5.23. The summed E-state index contributed by atoms with van der Waals surface area (Å²) < 4.78 is 5.23. The van der Waals surface area contributed by atoms with Crippen LogP contribution in [0.2, 0.25) is 0 Å². The summed E-state index contributed by atoms with van der Waals surface area (Å²) in [5.41, 5.74) is 3.37. The molecule has 90 valence electrons. The number of rotatable bonds is 3. The molecule has 1 N–H and O–H groups in total. The lowest BCUT2D eigenvalue weighted by Crippen LogP contribution is -1.91. The summed E-state index contributed by atoms with van der Waals surface area (Å²) in [4.78, 5) is 7.49. The molecule has 3 nitrogen and oxygen atoms in total. The topological polar surface area (TPSA) is 37.9 Å². The number of aromatic amines is 1. The molecule has 0 spiro atoms. The highest BCUT2D eigenvalue weighted by molar-refractivity contribution is 5.75. The van der Waals surface area contributed by atoms with Gasteiger partial charge in [-0.15, -0.1) is 0 Å². The first kappa shape index (κ1) is 10.8. The molecule has 2 heterocycles. The molecule has 1 aromatic carbocycles. The van der Waals surface area contributed by atoms with Gasteiger partial charge in [0, 0.05) is 17.8 Å². The standard InChI is InChI=1S/C15H14N2O/c1-18-14-4-2-3-11(9-14)7-12-8-13-5-6-16-15(13)17-10-12/h2-6,8-10H,7H2,1H3,(H,16,17). The minimum Gasteiger partial charge on any atom is -0.497 e. The van der Waals surface area contributed by atoms with Crippen LogP contribution in [0.5, 0.6) is 5.75 Å². The van der Waals surface area contributed by atoms with Crippen molar-refractivity contribution in [3.05, 3.63) is 59.9 Å². The van der Waals surface area contributed by atoms with E-state index in [0.29, 0.717) is 0 Å². The van der Waals surface area contributed by atoms with Gasteiger partial charge < -0.3 is 9.72 Å². The van der Waals surface area contributed by atoms with E-state index in [1.165, 1.54) is 11.1 Å². The normalized spacial score (nSPS) is 10.7. The minimum absolute atomic E-state index is 0.866. The van der Waals surface area contributed by atoms with E-state index in [4.69, 9.17) is 4.74 Å². The number of fused-ring (bicyclic) bond motifs is 1. The Hall–Kier alpha value is -2.29. The van der Waals surface area contributed by atoms with Crippen LogP contribution in [0.4, 0.5) is 0 Å². The summed E-state index contributed by atoms with van der Waals surface area (Å²) in [5.74, 6) is 0.892. The zero-order chi connectivity index (χ0) is 12.4. The first-order chi connectivity index (χ1) is 8.85. The van der Waals surface area contributed by atoms with Gasteiger partial charge in [-0.2, -0.15) is 0 Å². The van der Waals surface area contributed by atoms with Crippen LogP contribution in [0, 0.1) is 0 Å².